The minimum absolute atomic E-state index is 0.0785. The molecule has 0 aliphatic carbocycles. The second kappa shape index (κ2) is 30.7. The molecule has 14 heteroatoms. The fourth-order valence-corrected chi connectivity index (χ4v) is 10.3. The smallest absolute Gasteiger partial charge is 0.356 e. The molecule has 0 fully saturated rings. The van der Waals surface area contributed by atoms with Gasteiger partial charge in [0.2, 0.25) is 0 Å². The van der Waals surface area contributed by atoms with E-state index in [2.05, 4.69) is 22.2 Å². The van der Waals surface area contributed by atoms with Gasteiger partial charge in [0.05, 0.1) is 52.5 Å². The van der Waals surface area contributed by atoms with Gasteiger partial charge in [-0.25, -0.2) is 9.78 Å². The normalized spacial score (nSPS) is 13.1. The molecule has 0 aliphatic heterocycles. The van der Waals surface area contributed by atoms with Crippen LogP contribution in [-0.2, 0) is 46.5 Å². The Bertz CT molecular complexity index is 2430. The highest BCUT2D eigenvalue weighted by Gasteiger charge is 2.38. The van der Waals surface area contributed by atoms with E-state index < -0.39 is 24.9 Å². The number of methoxy groups -OCH3 is 2. The summed E-state index contributed by atoms with van der Waals surface area (Å²) in [6.07, 6.45) is 21.7. The van der Waals surface area contributed by atoms with Crippen molar-refractivity contribution in [2.24, 2.45) is 0 Å². The lowest BCUT2D eigenvalue weighted by Gasteiger charge is -2.37. The Hall–Kier alpha value is -5.14. The highest BCUT2D eigenvalue weighted by Crippen LogP contribution is 2.49. The summed E-state index contributed by atoms with van der Waals surface area (Å²) in [5, 5.41) is 3.74. The van der Waals surface area contributed by atoms with Crippen LogP contribution in [0.4, 0.5) is 5.82 Å². The van der Waals surface area contributed by atoms with Crippen molar-refractivity contribution in [1.82, 2.24) is 19.5 Å². The van der Waals surface area contributed by atoms with Crippen LogP contribution in [0.2, 0.25) is 0 Å². The average molecular weight is 992 g/mol. The second-order valence-electron chi connectivity index (χ2n) is 18.3. The molecule has 2 heterocycles. The van der Waals surface area contributed by atoms with E-state index in [-0.39, 0.29) is 39.3 Å². The molecule has 4 aromatic carbocycles. The first kappa shape index (κ1) is 55.2. The standard InChI is InChI=1S/C57H78N5O8P/c1-4-5-6-7-8-9-10-11-12-13-14-15-16-17-18-28-39-67-40-41-69-71(64,70-43-47-29-22-19-23-30-47)46-68-52(44-65-2)42-62-45-58-53-54(59-56(63)60-55(53)62)61-57(48-31-24-20-25-32-48,49-33-26-21-27-34-49)50-35-37-51(66-3)38-36-50/h19-27,29-38,45,52H,4-18,28,39-44,46H2,1-3H3,(H2,59,60,61,63)/t52-,71?/m0/s1. The summed E-state index contributed by atoms with van der Waals surface area (Å²) in [4.78, 5) is 25.6. The van der Waals surface area contributed by atoms with Crippen molar-refractivity contribution >= 4 is 24.6 Å². The molecule has 2 atom stereocenters. The summed E-state index contributed by atoms with van der Waals surface area (Å²) >= 11 is 0. The van der Waals surface area contributed by atoms with Crippen molar-refractivity contribution in [2.75, 3.05) is 52.3 Å². The summed E-state index contributed by atoms with van der Waals surface area (Å²) in [6.45, 7) is 3.65. The Morgan fingerprint density at radius 1 is 0.662 bits per heavy atom. The number of rotatable bonds is 37. The number of imidazole rings is 1. The van der Waals surface area contributed by atoms with E-state index >= 15 is 0 Å². The lowest BCUT2D eigenvalue weighted by molar-refractivity contribution is -0.00144. The van der Waals surface area contributed by atoms with E-state index in [0.717, 1.165) is 35.1 Å². The van der Waals surface area contributed by atoms with E-state index in [9.17, 15) is 9.36 Å². The van der Waals surface area contributed by atoms with E-state index in [1.807, 2.05) is 115 Å². The second-order valence-corrected chi connectivity index (χ2v) is 20.3. The molecule has 0 aliphatic rings. The first-order valence-electron chi connectivity index (χ1n) is 26.0. The zero-order valence-corrected chi connectivity index (χ0v) is 43.3. The maximum atomic E-state index is 14.4. The number of aromatic nitrogens is 4. The molecule has 0 saturated heterocycles. The molecule has 2 aromatic heterocycles. The molecule has 6 rings (SSSR count). The predicted molar refractivity (Wildman–Crippen MR) is 284 cm³/mol. The van der Waals surface area contributed by atoms with Gasteiger partial charge < -0.3 is 37.9 Å². The monoisotopic (exact) mass is 992 g/mol. The Kier molecular flexibility index (Phi) is 23.8. The number of anilines is 1. The van der Waals surface area contributed by atoms with Crippen LogP contribution in [-0.4, -0.2) is 72.6 Å². The van der Waals surface area contributed by atoms with Crippen LogP contribution in [0, 0.1) is 0 Å². The number of ether oxygens (including phenoxy) is 4. The van der Waals surface area contributed by atoms with Gasteiger partial charge in [0, 0.05) is 13.7 Å². The number of fused-ring (bicyclic) bond motifs is 1. The fourth-order valence-electron chi connectivity index (χ4n) is 9.01. The largest absolute Gasteiger partial charge is 0.497 e. The van der Waals surface area contributed by atoms with E-state index in [1.54, 1.807) is 25.1 Å². The van der Waals surface area contributed by atoms with Gasteiger partial charge in [0.25, 0.3) is 0 Å². The summed E-state index contributed by atoms with van der Waals surface area (Å²) in [7, 11) is -0.594. The highest BCUT2D eigenvalue weighted by atomic mass is 31.2. The molecular weight excluding hydrogens is 914 g/mol. The third-order valence-corrected chi connectivity index (χ3v) is 14.4. The van der Waals surface area contributed by atoms with E-state index in [4.69, 9.17) is 33.0 Å². The van der Waals surface area contributed by atoms with Gasteiger partial charge in [-0.3, -0.25) is 9.55 Å². The lowest BCUT2D eigenvalue weighted by atomic mass is 9.77. The molecule has 13 nitrogen and oxygen atoms in total. The quantitative estimate of drug-likeness (QED) is 0.0218. The molecule has 2 N–H and O–H groups in total. The van der Waals surface area contributed by atoms with Gasteiger partial charge >= 0.3 is 13.3 Å². The van der Waals surface area contributed by atoms with Crippen LogP contribution in [0.5, 0.6) is 5.75 Å². The molecule has 0 amide bonds. The Morgan fingerprint density at radius 3 is 1.77 bits per heavy atom. The molecular formula is C57H78N5O8P. The first-order valence-corrected chi connectivity index (χ1v) is 27.7. The van der Waals surface area contributed by atoms with Crippen LogP contribution in [0.3, 0.4) is 0 Å². The average Bonchev–Trinajstić information content (AvgIpc) is 3.81. The molecule has 1 unspecified atom stereocenters. The van der Waals surface area contributed by atoms with Crippen LogP contribution >= 0.6 is 7.60 Å². The maximum absolute atomic E-state index is 14.4. The number of H-pyrrole nitrogens is 1. The zero-order valence-electron chi connectivity index (χ0n) is 42.4. The Labute approximate surface area is 421 Å². The summed E-state index contributed by atoms with van der Waals surface area (Å²) < 4.78 is 51.4. The number of hydrogen-bond donors (Lipinski definition) is 2. The van der Waals surface area contributed by atoms with Gasteiger partial charge in [-0.1, -0.05) is 206 Å². The molecule has 71 heavy (non-hydrogen) atoms. The summed E-state index contributed by atoms with van der Waals surface area (Å²) in [5.74, 6) is 1.08. The van der Waals surface area contributed by atoms with Crippen LogP contribution < -0.4 is 15.7 Å². The number of benzene rings is 4. The topological polar surface area (TPSA) is 148 Å². The van der Waals surface area contributed by atoms with Crippen molar-refractivity contribution in [3.63, 3.8) is 0 Å². The number of nitrogens with one attached hydrogen (secondary N) is 2. The first-order chi connectivity index (χ1) is 34.9. The van der Waals surface area contributed by atoms with Gasteiger partial charge in [0.15, 0.2) is 5.65 Å². The Morgan fingerprint density at radius 2 is 1.21 bits per heavy atom. The molecule has 0 spiro atoms. The number of aromatic amines is 1. The highest BCUT2D eigenvalue weighted by molar-refractivity contribution is 7.53. The maximum Gasteiger partial charge on any atom is 0.356 e. The Balaban J connectivity index is 1.05. The van der Waals surface area contributed by atoms with Crippen molar-refractivity contribution in [3.05, 3.63) is 154 Å². The lowest BCUT2D eigenvalue weighted by Crippen LogP contribution is -2.39. The third kappa shape index (κ3) is 17.5. The minimum atomic E-state index is -3.80. The molecule has 6 aromatic rings. The van der Waals surface area contributed by atoms with Crippen LogP contribution in [0.15, 0.2) is 126 Å². The summed E-state index contributed by atoms with van der Waals surface area (Å²) in [6, 6.07) is 37.5. The number of nitrogens with zero attached hydrogens (tertiary/aromatic N) is 3. The fraction of sp³-hybridized carbons (Fsp3) is 0.491. The molecule has 0 saturated carbocycles. The van der Waals surface area contributed by atoms with Crippen molar-refractivity contribution in [3.8, 4) is 5.75 Å². The van der Waals surface area contributed by atoms with Crippen LogP contribution in [0.1, 0.15) is 132 Å². The van der Waals surface area contributed by atoms with E-state index in [1.165, 1.54) is 89.9 Å². The number of unbranched alkanes of at least 4 members (excludes halogenated alkanes) is 15. The predicted octanol–water partition coefficient (Wildman–Crippen LogP) is 13.2. The van der Waals surface area contributed by atoms with E-state index in [0.29, 0.717) is 29.3 Å². The number of hydrogen-bond acceptors (Lipinski definition) is 11. The van der Waals surface area contributed by atoms with Gasteiger partial charge in [-0.15, -0.1) is 0 Å². The minimum Gasteiger partial charge on any atom is -0.497 e. The van der Waals surface area contributed by atoms with Crippen molar-refractivity contribution in [1.29, 1.82) is 0 Å². The third-order valence-electron chi connectivity index (χ3n) is 12.9. The van der Waals surface area contributed by atoms with Gasteiger partial charge in [-0.05, 0) is 40.8 Å². The molecule has 0 radical (unpaired) electrons. The van der Waals surface area contributed by atoms with Gasteiger partial charge in [0.1, 0.15) is 29.0 Å². The molecule has 384 valence electrons. The molecule has 0 bridgehead atoms. The SMILES string of the molecule is CCCCCCCCCCCCCCCCCCOCCOP(=O)(CO[C@H](COC)Cn1cnc2c(NC(c3ccccc3)(c3ccccc3)c3ccc(OC)cc3)[nH]c(=O)nc21)OCc1ccccc1. The van der Waals surface area contributed by atoms with Crippen LogP contribution in [0.25, 0.3) is 11.2 Å². The van der Waals surface area contributed by atoms with Gasteiger partial charge in [-0.2, -0.15) is 4.98 Å². The zero-order chi connectivity index (χ0) is 49.8. The summed E-state index contributed by atoms with van der Waals surface area (Å²) in [5.41, 5.74) is 2.81. The van der Waals surface area contributed by atoms with Crippen molar-refractivity contribution in [2.45, 2.75) is 134 Å². The van der Waals surface area contributed by atoms with Crippen molar-refractivity contribution < 1.29 is 32.6 Å².